The quantitative estimate of drug-likeness (QED) is 0.378. The molecule has 2 heterocycles. The molecule has 0 unspecified atom stereocenters. The van der Waals surface area contributed by atoms with E-state index < -0.39 is 12.0 Å². The molecular weight excluding hydrogens is 498 g/mol. The van der Waals surface area contributed by atoms with Crippen LogP contribution in [-0.4, -0.2) is 60.5 Å². The molecule has 1 amide bonds. The van der Waals surface area contributed by atoms with Crippen molar-refractivity contribution in [1.29, 1.82) is 0 Å². The highest BCUT2D eigenvalue weighted by atomic mass is 16.5. The largest absolute Gasteiger partial charge is 0.493 e. The summed E-state index contributed by atoms with van der Waals surface area (Å²) in [5.74, 6) is 0.942. The van der Waals surface area contributed by atoms with Crippen LogP contribution < -0.4 is 14.2 Å². The van der Waals surface area contributed by atoms with Crippen LogP contribution >= 0.6 is 0 Å². The van der Waals surface area contributed by atoms with Gasteiger partial charge in [0.15, 0.2) is 11.5 Å². The Balaban J connectivity index is 1.60. The van der Waals surface area contributed by atoms with Gasteiger partial charge in [0, 0.05) is 24.3 Å². The number of hydrogen-bond acceptors (Lipinski definition) is 7. The number of rotatable bonds is 10. The monoisotopic (exact) mass is 541 g/mol. The van der Waals surface area contributed by atoms with E-state index >= 15 is 0 Å². The molecule has 2 atom stereocenters. The van der Waals surface area contributed by atoms with Crippen molar-refractivity contribution in [2.24, 2.45) is 5.92 Å². The van der Waals surface area contributed by atoms with Gasteiger partial charge in [0.2, 0.25) is 11.7 Å². The van der Waals surface area contributed by atoms with Gasteiger partial charge in [-0.15, -0.1) is 0 Å². The minimum absolute atomic E-state index is 0.0227. The maximum Gasteiger partial charge on any atom is 0.329 e. The summed E-state index contributed by atoms with van der Waals surface area (Å²) in [4.78, 5) is 29.5. The molecule has 9 nitrogen and oxygen atoms in total. The third-order valence-corrected chi connectivity index (χ3v) is 8.06. The Bertz CT molecular complexity index is 1100. The van der Waals surface area contributed by atoms with Gasteiger partial charge in [0.25, 0.3) is 0 Å². The molecule has 1 saturated heterocycles. The summed E-state index contributed by atoms with van der Waals surface area (Å²) >= 11 is 0. The maximum absolute atomic E-state index is 14.4. The molecule has 214 valence electrons. The average molecular weight is 542 g/mol. The lowest BCUT2D eigenvalue weighted by molar-refractivity contribution is -0.159. The molecule has 4 rings (SSSR count). The Labute approximate surface area is 231 Å². The van der Waals surface area contributed by atoms with Crippen LogP contribution in [0.15, 0.2) is 24.5 Å². The number of hydrogen-bond donors (Lipinski definition) is 0. The zero-order chi connectivity index (χ0) is 27.9. The van der Waals surface area contributed by atoms with Crippen LogP contribution in [0.3, 0.4) is 0 Å². The molecule has 0 spiro atoms. The molecule has 0 bridgehead atoms. The lowest BCUT2D eigenvalue weighted by Crippen LogP contribution is -2.51. The summed E-state index contributed by atoms with van der Waals surface area (Å²) in [5.41, 5.74) is 1.67. The van der Waals surface area contributed by atoms with E-state index in [0.29, 0.717) is 30.2 Å². The summed E-state index contributed by atoms with van der Waals surface area (Å²) < 4.78 is 24.3. The van der Waals surface area contributed by atoms with Crippen LogP contribution in [0.1, 0.15) is 88.3 Å². The Morgan fingerprint density at radius 1 is 0.949 bits per heavy atom. The predicted molar refractivity (Wildman–Crippen MR) is 147 cm³/mol. The van der Waals surface area contributed by atoms with Gasteiger partial charge < -0.3 is 23.8 Å². The second kappa shape index (κ2) is 13.2. The lowest BCUT2D eigenvalue weighted by atomic mass is 9.75. The summed E-state index contributed by atoms with van der Waals surface area (Å²) in [7, 11) is 4.74. The molecule has 1 aromatic heterocycles. The predicted octanol–water partition coefficient (Wildman–Crippen LogP) is 5.28. The topological polar surface area (TPSA) is 92.1 Å². The van der Waals surface area contributed by atoms with E-state index in [1.165, 1.54) is 6.42 Å². The number of piperidine rings is 1. The molecule has 9 heteroatoms. The van der Waals surface area contributed by atoms with Crippen molar-refractivity contribution >= 4 is 11.9 Å². The van der Waals surface area contributed by atoms with E-state index in [-0.39, 0.29) is 30.4 Å². The van der Waals surface area contributed by atoms with Crippen LogP contribution in [0, 0.1) is 5.92 Å². The molecule has 39 heavy (non-hydrogen) atoms. The smallest absolute Gasteiger partial charge is 0.329 e. The van der Waals surface area contributed by atoms with Crippen LogP contribution in [-0.2, 0) is 20.9 Å². The molecule has 1 aliphatic carbocycles. The third-order valence-electron chi connectivity index (χ3n) is 8.06. The number of methoxy groups -OCH3 is 3. The zero-order valence-corrected chi connectivity index (χ0v) is 24.0. The Kier molecular flexibility index (Phi) is 9.75. The highest BCUT2D eigenvalue weighted by Crippen LogP contribution is 2.45. The normalized spacial score (nSPS) is 19.0. The number of ether oxygens (including phenoxy) is 4. The highest BCUT2D eigenvalue weighted by molar-refractivity contribution is 5.89. The SMILES string of the molecule is COc1cc([C@@H](C(=O)N2CCCC[C@H]2C(=O)OCc2cnn(C(C)C)c2)C2CCCCC2)cc(OC)c1OC. The molecule has 2 fully saturated rings. The Hall–Kier alpha value is -3.23. The fourth-order valence-electron chi connectivity index (χ4n) is 5.97. The van der Waals surface area contributed by atoms with E-state index in [4.69, 9.17) is 18.9 Å². The van der Waals surface area contributed by atoms with E-state index in [0.717, 1.165) is 49.7 Å². The number of amides is 1. The Morgan fingerprint density at radius 2 is 1.62 bits per heavy atom. The molecule has 1 aliphatic heterocycles. The van der Waals surface area contributed by atoms with Gasteiger partial charge >= 0.3 is 5.97 Å². The van der Waals surface area contributed by atoms with Gasteiger partial charge in [-0.2, -0.15) is 5.10 Å². The van der Waals surface area contributed by atoms with Crippen molar-refractivity contribution in [3.05, 3.63) is 35.7 Å². The van der Waals surface area contributed by atoms with E-state index in [1.807, 2.05) is 36.9 Å². The van der Waals surface area contributed by atoms with Crippen LogP contribution in [0.2, 0.25) is 0 Å². The lowest BCUT2D eigenvalue weighted by Gasteiger charge is -2.39. The number of likely N-dealkylation sites (tertiary alicyclic amines) is 1. The first-order valence-corrected chi connectivity index (χ1v) is 14.2. The minimum atomic E-state index is -0.598. The van der Waals surface area contributed by atoms with Crippen molar-refractivity contribution in [3.8, 4) is 17.2 Å². The van der Waals surface area contributed by atoms with Crippen molar-refractivity contribution < 1.29 is 28.5 Å². The first-order chi connectivity index (χ1) is 18.9. The molecule has 1 aromatic carbocycles. The van der Waals surface area contributed by atoms with Gasteiger partial charge in [0.05, 0.1) is 33.4 Å². The second-order valence-electron chi connectivity index (χ2n) is 10.9. The van der Waals surface area contributed by atoms with Gasteiger partial charge in [0.1, 0.15) is 12.6 Å². The number of nitrogens with zero attached hydrogens (tertiary/aromatic N) is 3. The van der Waals surface area contributed by atoms with Gasteiger partial charge in [-0.25, -0.2) is 4.79 Å². The van der Waals surface area contributed by atoms with Crippen molar-refractivity contribution in [2.75, 3.05) is 27.9 Å². The fraction of sp³-hybridized carbons (Fsp3) is 0.633. The zero-order valence-electron chi connectivity index (χ0n) is 24.0. The van der Waals surface area contributed by atoms with Gasteiger partial charge in [-0.1, -0.05) is 19.3 Å². The van der Waals surface area contributed by atoms with Crippen LogP contribution in [0.4, 0.5) is 0 Å². The molecule has 0 radical (unpaired) electrons. The second-order valence-corrected chi connectivity index (χ2v) is 10.9. The molecule has 2 aromatic rings. The fourth-order valence-corrected chi connectivity index (χ4v) is 5.97. The first kappa shape index (κ1) is 28.8. The van der Waals surface area contributed by atoms with E-state index in [9.17, 15) is 9.59 Å². The van der Waals surface area contributed by atoms with Crippen molar-refractivity contribution in [3.63, 3.8) is 0 Å². The van der Waals surface area contributed by atoms with Gasteiger partial charge in [-0.3, -0.25) is 9.48 Å². The number of carbonyl (C=O) groups is 2. The third kappa shape index (κ3) is 6.50. The standard InChI is InChI=1S/C30H43N3O6/c1-20(2)33-18-21(17-31-33)19-39-30(35)24-13-9-10-14-32(24)29(34)27(22-11-7-6-8-12-22)23-15-25(36-3)28(38-5)26(16-23)37-4/h15-18,20,22,24,27H,6-14,19H2,1-5H3/t24-,27-/m0/s1. The van der Waals surface area contributed by atoms with Gasteiger partial charge in [-0.05, 0) is 69.6 Å². The summed E-state index contributed by atoms with van der Waals surface area (Å²) in [6, 6.07) is 3.41. The number of benzene rings is 1. The Morgan fingerprint density at radius 3 is 2.21 bits per heavy atom. The molecule has 2 aliphatic rings. The number of esters is 1. The molecule has 1 saturated carbocycles. The molecular formula is C30H43N3O6. The van der Waals surface area contributed by atoms with Crippen LogP contribution in [0.5, 0.6) is 17.2 Å². The van der Waals surface area contributed by atoms with E-state index in [2.05, 4.69) is 5.10 Å². The number of carbonyl (C=O) groups excluding carboxylic acids is 2. The minimum Gasteiger partial charge on any atom is -0.493 e. The summed E-state index contributed by atoms with van der Waals surface area (Å²) in [5, 5.41) is 4.33. The summed E-state index contributed by atoms with van der Waals surface area (Å²) in [6.45, 7) is 4.77. The maximum atomic E-state index is 14.4. The molecule has 0 N–H and O–H groups in total. The first-order valence-electron chi connectivity index (χ1n) is 14.2. The summed E-state index contributed by atoms with van der Waals surface area (Å²) in [6.07, 6.45) is 11.3. The number of aromatic nitrogens is 2. The van der Waals surface area contributed by atoms with E-state index in [1.54, 1.807) is 32.4 Å². The average Bonchev–Trinajstić information content (AvgIpc) is 3.45. The highest BCUT2D eigenvalue weighted by Gasteiger charge is 2.40. The van der Waals surface area contributed by atoms with Crippen molar-refractivity contribution in [2.45, 2.75) is 89.8 Å². The van der Waals surface area contributed by atoms with Crippen molar-refractivity contribution in [1.82, 2.24) is 14.7 Å². The van der Waals surface area contributed by atoms with Crippen LogP contribution in [0.25, 0.3) is 0 Å².